The molecule has 0 bridgehead atoms. The number of carbonyl (C=O) groups excluding carboxylic acids is 1. The van der Waals surface area contributed by atoms with Crippen molar-refractivity contribution in [2.24, 2.45) is 16.9 Å². The van der Waals surface area contributed by atoms with Crippen LogP contribution in [0.25, 0.3) is 0 Å². The molecule has 0 aliphatic heterocycles. The number of nitrogens with one attached hydrogen (secondary N) is 1. The standard InChI is InChI=1S/C16H18N2O2/c1-2-20-13-8-6-11(7-9-13)16(19)18-17-15-10-12-4-3-5-14(12)15/h3-4,6-9,12,14H,2,5,10H2,1H3,(H,18,19)/b17-15-/t12-,14+/m1/s1. The van der Waals surface area contributed by atoms with Crippen molar-refractivity contribution in [3.8, 4) is 5.75 Å². The van der Waals surface area contributed by atoms with Gasteiger partial charge in [-0.2, -0.15) is 5.10 Å². The fourth-order valence-electron chi connectivity index (χ4n) is 2.72. The minimum absolute atomic E-state index is 0.171. The van der Waals surface area contributed by atoms with E-state index < -0.39 is 0 Å². The van der Waals surface area contributed by atoms with E-state index in [4.69, 9.17) is 4.74 Å². The van der Waals surface area contributed by atoms with E-state index in [1.54, 1.807) is 24.3 Å². The Morgan fingerprint density at radius 1 is 1.40 bits per heavy atom. The summed E-state index contributed by atoms with van der Waals surface area (Å²) in [7, 11) is 0. The second kappa shape index (κ2) is 5.49. The molecule has 2 aliphatic carbocycles. The first-order chi connectivity index (χ1) is 9.78. The molecule has 1 amide bonds. The average Bonchev–Trinajstić information content (AvgIpc) is 2.81. The predicted octanol–water partition coefficient (Wildman–Crippen LogP) is 2.77. The lowest BCUT2D eigenvalue weighted by Crippen LogP contribution is -2.35. The molecular weight excluding hydrogens is 252 g/mol. The van der Waals surface area contributed by atoms with Crippen LogP contribution in [0.1, 0.15) is 30.1 Å². The molecule has 20 heavy (non-hydrogen) atoms. The fraction of sp³-hybridized carbons (Fsp3) is 0.375. The molecule has 1 aromatic carbocycles. The van der Waals surface area contributed by atoms with Gasteiger partial charge in [-0.25, -0.2) is 5.43 Å². The van der Waals surface area contributed by atoms with Crippen molar-refractivity contribution < 1.29 is 9.53 Å². The summed E-state index contributed by atoms with van der Waals surface area (Å²) >= 11 is 0. The Kier molecular flexibility index (Phi) is 3.54. The maximum absolute atomic E-state index is 12.0. The molecule has 0 spiro atoms. The Bertz CT molecular complexity index is 560. The van der Waals surface area contributed by atoms with Gasteiger partial charge in [-0.05, 0) is 49.9 Å². The van der Waals surface area contributed by atoms with Gasteiger partial charge in [0.05, 0.1) is 6.61 Å². The Morgan fingerprint density at radius 2 is 2.20 bits per heavy atom. The highest BCUT2D eigenvalue weighted by Crippen LogP contribution is 2.40. The Hall–Kier alpha value is -2.10. The molecule has 2 aliphatic rings. The first-order valence-electron chi connectivity index (χ1n) is 7.04. The number of amides is 1. The molecule has 2 atom stereocenters. The summed E-state index contributed by atoms with van der Waals surface area (Å²) < 4.78 is 5.35. The van der Waals surface area contributed by atoms with Crippen molar-refractivity contribution >= 4 is 11.6 Å². The zero-order valence-electron chi connectivity index (χ0n) is 11.5. The highest BCUT2D eigenvalue weighted by atomic mass is 16.5. The normalized spacial score (nSPS) is 25.1. The third-order valence-electron chi connectivity index (χ3n) is 3.89. The van der Waals surface area contributed by atoms with E-state index in [0.29, 0.717) is 24.0 Å². The summed E-state index contributed by atoms with van der Waals surface area (Å²) in [4.78, 5) is 12.0. The van der Waals surface area contributed by atoms with Crippen molar-refractivity contribution in [2.75, 3.05) is 6.61 Å². The Balaban J connectivity index is 1.58. The molecule has 4 nitrogen and oxygen atoms in total. The zero-order valence-corrected chi connectivity index (χ0v) is 11.5. The molecular formula is C16H18N2O2. The maximum atomic E-state index is 12.0. The molecule has 0 radical (unpaired) electrons. The maximum Gasteiger partial charge on any atom is 0.271 e. The molecule has 0 aromatic heterocycles. The third kappa shape index (κ3) is 2.46. The van der Waals surface area contributed by atoms with Gasteiger partial charge >= 0.3 is 0 Å². The van der Waals surface area contributed by atoms with E-state index in [-0.39, 0.29) is 5.91 Å². The van der Waals surface area contributed by atoms with Crippen LogP contribution in [-0.2, 0) is 0 Å². The highest BCUT2D eigenvalue weighted by Gasteiger charge is 2.37. The van der Waals surface area contributed by atoms with E-state index in [1.165, 1.54) is 0 Å². The summed E-state index contributed by atoms with van der Waals surface area (Å²) in [5, 5.41) is 4.25. The summed E-state index contributed by atoms with van der Waals surface area (Å²) in [6.45, 7) is 2.55. The van der Waals surface area contributed by atoms with Gasteiger partial charge in [-0.1, -0.05) is 12.2 Å². The molecule has 3 rings (SSSR count). The smallest absolute Gasteiger partial charge is 0.271 e. The van der Waals surface area contributed by atoms with Crippen LogP contribution >= 0.6 is 0 Å². The largest absolute Gasteiger partial charge is 0.494 e. The van der Waals surface area contributed by atoms with Crippen molar-refractivity contribution in [1.29, 1.82) is 0 Å². The van der Waals surface area contributed by atoms with Crippen LogP contribution in [0, 0.1) is 11.8 Å². The number of hydrogen-bond donors (Lipinski definition) is 1. The molecule has 1 fully saturated rings. The minimum Gasteiger partial charge on any atom is -0.494 e. The van der Waals surface area contributed by atoms with E-state index in [0.717, 1.165) is 24.3 Å². The van der Waals surface area contributed by atoms with E-state index in [2.05, 4.69) is 22.7 Å². The van der Waals surface area contributed by atoms with Crippen LogP contribution in [0.5, 0.6) is 5.75 Å². The van der Waals surface area contributed by atoms with Crippen molar-refractivity contribution in [1.82, 2.24) is 5.43 Å². The summed E-state index contributed by atoms with van der Waals surface area (Å²) in [5.74, 6) is 1.77. The molecule has 1 N–H and O–H groups in total. The first-order valence-corrected chi connectivity index (χ1v) is 7.04. The average molecular weight is 270 g/mol. The Labute approximate surface area is 118 Å². The number of ether oxygens (including phenoxy) is 1. The number of carbonyl (C=O) groups is 1. The van der Waals surface area contributed by atoms with Gasteiger partial charge in [-0.3, -0.25) is 4.79 Å². The van der Waals surface area contributed by atoms with E-state index in [1.807, 2.05) is 6.92 Å². The minimum atomic E-state index is -0.171. The number of nitrogens with zero attached hydrogens (tertiary/aromatic N) is 1. The molecule has 0 unspecified atom stereocenters. The van der Waals surface area contributed by atoms with Gasteiger partial charge in [0.2, 0.25) is 0 Å². The molecule has 4 heteroatoms. The number of fused-ring (bicyclic) bond motifs is 1. The molecule has 1 saturated carbocycles. The first kappa shape index (κ1) is 12.9. The van der Waals surface area contributed by atoms with Crippen LogP contribution in [0.15, 0.2) is 41.5 Å². The number of rotatable bonds is 4. The van der Waals surface area contributed by atoms with Gasteiger partial charge in [0, 0.05) is 17.2 Å². The summed E-state index contributed by atoms with van der Waals surface area (Å²) in [5.41, 5.74) is 4.35. The molecule has 0 heterocycles. The second-order valence-corrected chi connectivity index (χ2v) is 5.14. The van der Waals surface area contributed by atoms with Crippen LogP contribution in [0.3, 0.4) is 0 Å². The van der Waals surface area contributed by atoms with Crippen molar-refractivity contribution in [3.63, 3.8) is 0 Å². The highest BCUT2D eigenvalue weighted by molar-refractivity contribution is 5.98. The van der Waals surface area contributed by atoms with Crippen LogP contribution in [0.2, 0.25) is 0 Å². The molecule has 104 valence electrons. The number of hydrogen-bond acceptors (Lipinski definition) is 3. The molecule has 0 saturated heterocycles. The van der Waals surface area contributed by atoms with Gasteiger partial charge in [0.25, 0.3) is 5.91 Å². The quantitative estimate of drug-likeness (QED) is 0.675. The van der Waals surface area contributed by atoms with Crippen LogP contribution in [0.4, 0.5) is 0 Å². The van der Waals surface area contributed by atoms with Crippen LogP contribution < -0.4 is 10.2 Å². The van der Waals surface area contributed by atoms with Gasteiger partial charge in [0.1, 0.15) is 5.75 Å². The summed E-state index contributed by atoms with van der Waals surface area (Å²) in [6.07, 6.45) is 6.48. The SMILES string of the molecule is CCOc1ccc(C(=O)N/N=C2/C[C@H]3C=CC[C@H]23)cc1. The Morgan fingerprint density at radius 3 is 2.90 bits per heavy atom. The third-order valence-corrected chi connectivity index (χ3v) is 3.89. The van der Waals surface area contributed by atoms with Crippen molar-refractivity contribution in [3.05, 3.63) is 42.0 Å². The van der Waals surface area contributed by atoms with Crippen molar-refractivity contribution in [2.45, 2.75) is 19.8 Å². The second-order valence-electron chi connectivity index (χ2n) is 5.14. The predicted molar refractivity (Wildman–Crippen MR) is 77.9 cm³/mol. The lowest BCUT2D eigenvalue weighted by Gasteiger charge is -2.31. The molecule has 1 aromatic rings. The van der Waals surface area contributed by atoms with Gasteiger partial charge in [-0.15, -0.1) is 0 Å². The topological polar surface area (TPSA) is 50.7 Å². The van der Waals surface area contributed by atoms with E-state index in [9.17, 15) is 4.79 Å². The van der Waals surface area contributed by atoms with E-state index >= 15 is 0 Å². The monoisotopic (exact) mass is 270 g/mol. The number of hydrazone groups is 1. The summed E-state index contributed by atoms with van der Waals surface area (Å²) in [6, 6.07) is 7.10. The fourth-order valence-corrected chi connectivity index (χ4v) is 2.72. The lowest BCUT2D eigenvalue weighted by atomic mass is 9.74. The number of allylic oxidation sites excluding steroid dienone is 2. The number of benzene rings is 1. The van der Waals surface area contributed by atoms with Gasteiger partial charge < -0.3 is 4.74 Å². The van der Waals surface area contributed by atoms with Gasteiger partial charge in [0.15, 0.2) is 0 Å². The lowest BCUT2D eigenvalue weighted by molar-refractivity contribution is 0.0954. The van der Waals surface area contributed by atoms with Crippen LogP contribution in [-0.4, -0.2) is 18.2 Å². The zero-order chi connectivity index (χ0) is 13.9.